The number of rotatable bonds is 3. The number of hydrogen-bond donors (Lipinski definition) is 1. The molecule has 0 saturated heterocycles. The fraction of sp³-hybridized carbons (Fsp3) is 0. The van der Waals surface area contributed by atoms with E-state index in [1.165, 1.54) is 24.5 Å². The Kier molecular flexibility index (Phi) is 3.03. The number of benzene rings is 1. The first-order valence-corrected chi connectivity index (χ1v) is 5.93. The van der Waals surface area contributed by atoms with Crippen molar-refractivity contribution in [2.75, 3.05) is 5.73 Å². The Morgan fingerprint density at radius 2 is 2.00 bits per heavy atom. The van der Waals surface area contributed by atoms with Crippen molar-refractivity contribution in [3.8, 4) is 11.6 Å². The number of aromatic nitrogens is 3. The minimum Gasteiger partial charge on any atom is -0.438 e. The van der Waals surface area contributed by atoms with Crippen LogP contribution in [0.3, 0.4) is 0 Å². The molecule has 0 aliphatic heterocycles. The lowest BCUT2D eigenvalue weighted by Gasteiger charge is -2.08. The second kappa shape index (κ2) is 5.00. The van der Waals surface area contributed by atoms with Crippen molar-refractivity contribution < 1.29 is 9.66 Å². The molecule has 1 aromatic carbocycles. The standard InChI is InChI=1S/C13H9N5O3/c14-13-16-7-5-11(17-13)21-10-4-3-9(18(19)20)12-8(10)2-1-6-15-12/h1-7H,(H2,14,16,17). The molecule has 0 bridgehead atoms. The molecule has 0 radical (unpaired) electrons. The molecule has 2 aromatic heterocycles. The molecule has 0 aliphatic carbocycles. The number of nitrogens with two attached hydrogens (primary N) is 1. The molecular weight excluding hydrogens is 274 g/mol. The molecule has 0 amide bonds. The van der Waals surface area contributed by atoms with Crippen molar-refractivity contribution in [3.63, 3.8) is 0 Å². The van der Waals surface area contributed by atoms with Gasteiger partial charge in [0.15, 0.2) is 5.52 Å². The van der Waals surface area contributed by atoms with Crippen LogP contribution in [-0.4, -0.2) is 19.9 Å². The number of ether oxygens (including phenoxy) is 1. The van der Waals surface area contributed by atoms with Crippen molar-refractivity contribution in [2.45, 2.75) is 0 Å². The van der Waals surface area contributed by atoms with Gasteiger partial charge in [-0.05, 0) is 18.2 Å². The van der Waals surface area contributed by atoms with E-state index < -0.39 is 4.92 Å². The van der Waals surface area contributed by atoms with Crippen molar-refractivity contribution in [3.05, 3.63) is 52.8 Å². The van der Waals surface area contributed by atoms with Gasteiger partial charge in [-0.1, -0.05) is 0 Å². The highest BCUT2D eigenvalue weighted by atomic mass is 16.6. The maximum Gasteiger partial charge on any atom is 0.295 e. The van der Waals surface area contributed by atoms with Crippen LogP contribution in [0.2, 0.25) is 0 Å². The van der Waals surface area contributed by atoms with Crippen LogP contribution < -0.4 is 10.5 Å². The first kappa shape index (κ1) is 12.7. The van der Waals surface area contributed by atoms with E-state index in [2.05, 4.69) is 15.0 Å². The number of fused-ring (bicyclic) bond motifs is 1. The highest BCUT2D eigenvalue weighted by Crippen LogP contribution is 2.33. The summed E-state index contributed by atoms with van der Waals surface area (Å²) in [5, 5.41) is 11.5. The molecular formula is C13H9N5O3. The summed E-state index contributed by atoms with van der Waals surface area (Å²) in [4.78, 5) is 22.3. The second-order valence-corrected chi connectivity index (χ2v) is 4.09. The third-order valence-corrected chi connectivity index (χ3v) is 2.77. The first-order chi connectivity index (χ1) is 10.1. The fourth-order valence-electron chi connectivity index (χ4n) is 1.89. The van der Waals surface area contributed by atoms with Gasteiger partial charge in [-0.25, -0.2) is 9.97 Å². The molecule has 3 rings (SSSR count). The zero-order chi connectivity index (χ0) is 14.8. The van der Waals surface area contributed by atoms with Crippen molar-refractivity contribution in [2.24, 2.45) is 0 Å². The van der Waals surface area contributed by atoms with E-state index in [0.29, 0.717) is 11.1 Å². The molecule has 104 valence electrons. The molecule has 8 heteroatoms. The van der Waals surface area contributed by atoms with Crippen LogP contribution in [0.5, 0.6) is 11.6 Å². The summed E-state index contributed by atoms with van der Waals surface area (Å²) >= 11 is 0. The number of nitrogen functional groups attached to an aromatic ring is 1. The van der Waals surface area contributed by atoms with E-state index in [-0.39, 0.29) is 23.0 Å². The highest BCUT2D eigenvalue weighted by Gasteiger charge is 2.16. The van der Waals surface area contributed by atoms with Gasteiger partial charge in [-0.15, -0.1) is 0 Å². The number of hydrogen-bond acceptors (Lipinski definition) is 7. The molecule has 8 nitrogen and oxygen atoms in total. The van der Waals surface area contributed by atoms with Gasteiger partial charge in [0.05, 0.1) is 10.3 Å². The van der Waals surface area contributed by atoms with Crippen molar-refractivity contribution >= 4 is 22.5 Å². The predicted octanol–water partition coefficient (Wildman–Crippen LogP) is 2.31. The largest absolute Gasteiger partial charge is 0.438 e. The van der Waals surface area contributed by atoms with Gasteiger partial charge in [0.1, 0.15) is 5.75 Å². The number of non-ortho nitro benzene ring substituents is 1. The molecule has 2 heterocycles. The Balaban J connectivity index is 2.12. The zero-order valence-electron chi connectivity index (χ0n) is 10.6. The highest BCUT2D eigenvalue weighted by molar-refractivity contribution is 5.92. The van der Waals surface area contributed by atoms with E-state index in [9.17, 15) is 10.1 Å². The van der Waals surface area contributed by atoms with Crippen LogP contribution in [0.25, 0.3) is 10.9 Å². The van der Waals surface area contributed by atoms with Gasteiger partial charge in [0, 0.05) is 24.5 Å². The van der Waals surface area contributed by atoms with Crippen LogP contribution in [0, 0.1) is 10.1 Å². The van der Waals surface area contributed by atoms with E-state index >= 15 is 0 Å². The van der Waals surface area contributed by atoms with Crippen molar-refractivity contribution in [1.82, 2.24) is 15.0 Å². The van der Waals surface area contributed by atoms with Gasteiger partial charge < -0.3 is 10.5 Å². The average Bonchev–Trinajstić information content (AvgIpc) is 2.47. The summed E-state index contributed by atoms with van der Waals surface area (Å²) in [5.41, 5.74) is 5.65. The molecule has 0 unspecified atom stereocenters. The SMILES string of the molecule is Nc1nccc(Oc2ccc([N+](=O)[O-])c3ncccc23)n1. The Labute approximate surface area is 118 Å². The molecule has 3 aromatic rings. The lowest BCUT2D eigenvalue weighted by molar-refractivity contribution is -0.383. The van der Waals surface area contributed by atoms with E-state index in [4.69, 9.17) is 10.5 Å². The molecule has 21 heavy (non-hydrogen) atoms. The van der Waals surface area contributed by atoms with Crippen LogP contribution >= 0.6 is 0 Å². The van der Waals surface area contributed by atoms with E-state index in [0.717, 1.165) is 0 Å². The average molecular weight is 283 g/mol. The van der Waals surface area contributed by atoms with Gasteiger partial charge in [0.2, 0.25) is 11.8 Å². The fourth-order valence-corrected chi connectivity index (χ4v) is 1.89. The molecule has 2 N–H and O–H groups in total. The van der Waals surface area contributed by atoms with Gasteiger partial charge in [0.25, 0.3) is 5.69 Å². The van der Waals surface area contributed by atoms with Gasteiger partial charge in [-0.3, -0.25) is 10.1 Å². The summed E-state index contributed by atoms with van der Waals surface area (Å²) in [7, 11) is 0. The Bertz CT molecular complexity index is 837. The maximum absolute atomic E-state index is 11.0. The predicted molar refractivity (Wildman–Crippen MR) is 74.9 cm³/mol. The van der Waals surface area contributed by atoms with Gasteiger partial charge >= 0.3 is 0 Å². The normalized spacial score (nSPS) is 10.5. The summed E-state index contributed by atoms with van der Waals surface area (Å²) in [6.07, 6.45) is 2.95. The third kappa shape index (κ3) is 2.41. The number of pyridine rings is 1. The minimum atomic E-state index is -0.484. The number of nitro groups is 1. The smallest absolute Gasteiger partial charge is 0.295 e. The monoisotopic (exact) mass is 283 g/mol. The Morgan fingerprint density at radius 3 is 2.76 bits per heavy atom. The summed E-state index contributed by atoms with van der Waals surface area (Å²) < 4.78 is 5.61. The molecule has 0 aliphatic rings. The van der Waals surface area contributed by atoms with Crippen LogP contribution in [-0.2, 0) is 0 Å². The summed E-state index contributed by atoms with van der Waals surface area (Å²) in [5.74, 6) is 0.736. The zero-order valence-corrected chi connectivity index (χ0v) is 10.6. The van der Waals surface area contributed by atoms with Crippen LogP contribution in [0.1, 0.15) is 0 Å². The van der Waals surface area contributed by atoms with E-state index in [1.807, 2.05) is 0 Å². The van der Waals surface area contributed by atoms with Crippen LogP contribution in [0.15, 0.2) is 42.7 Å². The quantitative estimate of drug-likeness (QED) is 0.578. The topological polar surface area (TPSA) is 117 Å². The molecule has 0 fully saturated rings. The first-order valence-electron chi connectivity index (χ1n) is 5.93. The third-order valence-electron chi connectivity index (χ3n) is 2.77. The second-order valence-electron chi connectivity index (χ2n) is 4.09. The lowest BCUT2D eigenvalue weighted by atomic mass is 10.1. The molecule has 0 spiro atoms. The summed E-state index contributed by atoms with van der Waals surface area (Å²) in [6, 6.07) is 7.75. The summed E-state index contributed by atoms with van der Waals surface area (Å²) in [6.45, 7) is 0. The number of anilines is 1. The molecule has 0 atom stereocenters. The van der Waals surface area contributed by atoms with Gasteiger partial charge in [-0.2, -0.15) is 4.98 Å². The maximum atomic E-state index is 11.0. The minimum absolute atomic E-state index is 0.0804. The number of nitro benzene ring substituents is 1. The molecule has 0 saturated carbocycles. The lowest BCUT2D eigenvalue weighted by Crippen LogP contribution is -1.97. The van der Waals surface area contributed by atoms with Crippen LogP contribution in [0.4, 0.5) is 11.6 Å². The Morgan fingerprint density at radius 1 is 1.14 bits per heavy atom. The van der Waals surface area contributed by atoms with E-state index in [1.54, 1.807) is 18.2 Å². The van der Waals surface area contributed by atoms with Crippen molar-refractivity contribution in [1.29, 1.82) is 0 Å². The Hall–Kier alpha value is -3.29. The number of nitrogens with zero attached hydrogens (tertiary/aromatic N) is 4.